The van der Waals surface area contributed by atoms with Gasteiger partial charge in [0.15, 0.2) is 11.5 Å². The quantitative estimate of drug-likeness (QED) is 0.647. The summed E-state index contributed by atoms with van der Waals surface area (Å²) in [7, 11) is -3.41. The summed E-state index contributed by atoms with van der Waals surface area (Å²) in [5.74, 6) is -0.338. The van der Waals surface area contributed by atoms with Crippen molar-refractivity contribution in [3.8, 4) is 11.5 Å². The molecule has 0 bridgehead atoms. The van der Waals surface area contributed by atoms with Gasteiger partial charge in [-0.05, 0) is 48.2 Å². The first kappa shape index (κ1) is 17.5. The molecule has 1 saturated heterocycles. The van der Waals surface area contributed by atoms with Crippen LogP contribution >= 0.6 is 0 Å². The number of phenolic OH excluding ortho intramolecular Hbond substituents is 2. The number of rotatable bonds is 4. The fraction of sp³-hybridized carbons (Fsp3) is 0.263. The van der Waals surface area contributed by atoms with Crippen LogP contribution in [0, 0.1) is 0 Å². The Hall–Kier alpha value is -2.31. The summed E-state index contributed by atoms with van der Waals surface area (Å²) in [5.41, 5.74) is 1.59. The number of hydrogen-bond donors (Lipinski definition) is 2. The SMILES string of the molecule is O=S(=O)(c1ccc(C=Cc2ccc(O)c(O)c2)cc1)N1CCCCC1. The molecule has 0 saturated carbocycles. The summed E-state index contributed by atoms with van der Waals surface area (Å²) in [6.07, 6.45) is 6.53. The van der Waals surface area contributed by atoms with E-state index in [1.165, 1.54) is 12.1 Å². The normalized spacial score (nSPS) is 16.3. The molecule has 1 aliphatic heterocycles. The average molecular weight is 359 g/mol. The predicted octanol–water partition coefficient (Wildman–Crippen LogP) is 3.44. The zero-order valence-electron chi connectivity index (χ0n) is 13.8. The first-order valence-corrected chi connectivity index (χ1v) is 9.71. The van der Waals surface area contributed by atoms with Gasteiger partial charge in [0.05, 0.1) is 4.90 Å². The summed E-state index contributed by atoms with van der Waals surface area (Å²) in [6, 6.07) is 11.3. The van der Waals surface area contributed by atoms with Gasteiger partial charge < -0.3 is 10.2 Å². The van der Waals surface area contributed by atoms with E-state index in [0.29, 0.717) is 18.0 Å². The Morgan fingerprint density at radius 3 is 2.04 bits per heavy atom. The van der Waals surface area contributed by atoms with Gasteiger partial charge in [-0.1, -0.05) is 36.8 Å². The van der Waals surface area contributed by atoms with Crippen LogP contribution in [0.1, 0.15) is 30.4 Å². The fourth-order valence-corrected chi connectivity index (χ4v) is 4.36. The van der Waals surface area contributed by atoms with E-state index in [2.05, 4.69) is 0 Å². The second kappa shape index (κ2) is 7.29. The number of sulfonamides is 1. The van der Waals surface area contributed by atoms with Crippen molar-refractivity contribution in [2.24, 2.45) is 0 Å². The summed E-state index contributed by atoms with van der Waals surface area (Å²) in [6.45, 7) is 1.18. The Labute approximate surface area is 147 Å². The van der Waals surface area contributed by atoms with Crippen LogP contribution in [0.5, 0.6) is 11.5 Å². The van der Waals surface area contributed by atoms with Crippen LogP contribution in [0.3, 0.4) is 0 Å². The zero-order chi connectivity index (χ0) is 17.9. The molecule has 0 aromatic heterocycles. The van der Waals surface area contributed by atoms with Gasteiger partial charge in [-0.15, -0.1) is 0 Å². The van der Waals surface area contributed by atoms with E-state index in [1.807, 2.05) is 6.08 Å². The van der Waals surface area contributed by atoms with Crippen LogP contribution in [0.15, 0.2) is 47.4 Å². The minimum Gasteiger partial charge on any atom is -0.504 e. The van der Waals surface area contributed by atoms with Gasteiger partial charge in [0.2, 0.25) is 10.0 Å². The highest BCUT2D eigenvalue weighted by molar-refractivity contribution is 7.89. The van der Waals surface area contributed by atoms with Crippen LogP contribution in [0.2, 0.25) is 0 Å². The minimum absolute atomic E-state index is 0.163. The minimum atomic E-state index is -3.41. The lowest BCUT2D eigenvalue weighted by Gasteiger charge is -2.25. The molecule has 0 amide bonds. The van der Waals surface area contributed by atoms with Crippen molar-refractivity contribution >= 4 is 22.2 Å². The number of aromatic hydroxyl groups is 2. The number of nitrogens with zero attached hydrogens (tertiary/aromatic N) is 1. The van der Waals surface area contributed by atoms with Crippen molar-refractivity contribution in [1.82, 2.24) is 4.31 Å². The maximum absolute atomic E-state index is 12.6. The smallest absolute Gasteiger partial charge is 0.243 e. The molecule has 0 atom stereocenters. The van der Waals surface area contributed by atoms with E-state index in [-0.39, 0.29) is 11.5 Å². The molecule has 5 nitrogen and oxygen atoms in total. The monoisotopic (exact) mass is 359 g/mol. The average Bonchev–Trinajstić information content (AvgIpc) is 2.64. The third-order valence-corrected chi connectivity index (χ3v) is 6.21. The molecular weight excluding hydrogens is 338 g/mol. The second-order valence-electron chi connectivity index (χ2n) is 6.12. The molecular formula is C19H21NO4S. The Morgan fingerprint density at radius 2 is 1.40 bits per heavy atom. The van der Waals surface area contributed by atoms with Crippen molar-refractivity contribution < 1.29 is 18.6 Å². The first-order valence-electron chi connectivity index (χ1n) is 8.27. The maximum atomic E-state index is 12.6. The predicted molar refractivity (Wildman–Crippen MR) is 97.8 cm³/mol. The van der Waals surface area contributed by atoms with Gasteiger partial charge in [0.1, 0.15) is 0 Å². The highest BCUT2D eigenvalue weighted by Crippen LogP contribution is 2.26. The molecule has 0 spiro atoms. The van der Waals surface area contributed by atoms with E-state index >= 15 is 0 Å². The zero-order valence-corrected chi connectivity index (χ0v) is 14.6. The molecule has 0 radical (unpaired) electrons. The van der Waals surface area contributed by atoms with Gasteiger partial charge in [-0.3, -0.25) is 0 Å². The topological polar surface area (TPSA) is 77.8 Å². The molecule has 0 unspecified atom stereocenters. The van der Waals surface area contributed by atoms with E-state index in [1.54, 1.807) is 40.7 Å². The van der Waals surface area contributed by atoms with E-state index in [9.17, 15) is 18.6 Å². The molecule has 6 heteroatoms. The highest BCUT2D eigenvalue weighted by Gasteiger charge is 2.25. The van der Waals surface area contributed by atoms with E-state index in [0.717, 1.165) is 30.4 Å². The summed E-state index contributed by atoms with van der Waals surface area (Å²) in [4.78, 5) is 0.314. The largest absolute Gasteiger partial charge is 0.504 e. The lowest BCUT2D eigenvalue weighted by Crippen LogP contribution is -2.35. The molecule has 2 N–H and O–H groups in total. The number of phenols is 2. The Kier molecular flexibility index (Phi) is 5.11. The molecule has 2 aromatic carbocycles. The lowest BCUT2D eigenvalue weighted by atomic mass is 10.1. The van der Waals surface area contributed by atoms with Gasteiger partial charge in [-0.25, -0.2) is 8.42 Å². The van der Waals surface area contributed by atoms with Gasteiger partial charge in [0, 0.05) is 13.1 Å². The number of hydrogen-bond acceptors (Lipinski definition) is 4. The first-order chi connectivity index (χ1) is 12.0. The van der Waals surface area contributed by atoms with Crippen LogP contribution in [-0.4, -0.2) is 36.0 Å². The van der Waals surface area contributed by atoms with Gasteiger partial charge in [-0.2, -0.15) is 4.31 Å². The maximum Gasteiger partial charge on any atom is 0.243 e. The Bertz CT molecular complexity index is 867. The van der Waals surface area contributed by atoms with Crippen molar-refractivity contribution in [3.05, 3.63) is 53.6 Å². The summed E-state index contributed by atoms with van der Waals surface area (Å²) < 4.78 is 26.8. The standard InChI is InChI=1S/C19H21NO4S/c21-18-11-8-16(14-19(18)22)5-4-15-6-9-17(10-7-15)25(23,24)20-12-2-1-3-13-20/h4-11,14,21-22H,1-3,12-13H2. The number of piperidine rings is 1. The molecule has 2 aromatic rings. The van der Waals surface area contributed by atoms with Crippen LogP contribution in [-0.2, 0) is 10.0 Å². The van der Waals surface area contributed by atoms with Gasteiger partial charge >= 0.3 is 0 Å². The molecule has 3 rings (SSSR count). The summed E-state index contributed by atoms with van der Waals surface area (Å²) >= 11 is 0. The third kappa shape index (κ3) is 4.03. The van der Waals surface area contributed by atoms with Crippen LogP contribution in [0.4, 0.5) is 0 Å². The van der Waals surface area contributed by atoms with Crippen molar-refractivity contribution in [3.63, 3.8) is 0 Å². The molecule has 132 valence electrons. The fourth-order valence-electron chi connectivity index (χ4n) is 2.84. The van der Waals surface area contributed by atoms with Gasteiger partial charge in [0.25, 0.3) is 0 Å². The molecule has 1 aliphatic rings. The molecule has 1 heterocycles. The van der Waals surface area contributed by atoms with E-state index < -0.39 is 10.0 Å². The van der Waals surface area contributed by atoms with E-state index in [4.69, 9.17) is 0 Å². The van der Waals surface area contributed by atoms with Crippen LogP contribution in [0.25, 0.3) is 12.2 Å². The number of benzene rings is 2. The molecule has 0 aliphatic carbocycles. The van der Waals surface area contributed by atoms with Crippen molar-refractivity contribution in [2.75, 3.05) is 13.1 Å². The Balaban J connectivity index is 1.75. The third-order valence-electron chi connectivity index (χ3n) is 4.30. The summed E-state index contributed by atoms with van der Waals surface area (Å²) in [5, 5.41) is 18.8. The second-order valence-corrected chi connectivity index (χ2v) is 8.05. The van der Waals surface area contributed by atoms with Crippen LogP contribution < -0.4 is 0 Å². The molecule has 1 fully saturated rings. The van der Waals surface area contributed by atoms with Crippen molar-refractivity contribution in [2.45, 2.75) is 24.2 Å². The lowest BCUT2D eigenvalue weighted by molar-refractivity contribution is 0.346. The Morgan fingerprint density at radius 1 is 0.800 bits per heavy atom. The highest BCUT2D eigenvalue weighted by atomic mass is 32.2. The molecule has 25 heavy (non-hydrogen) atoms. The van der Waals surface area contributed by atoms with Crippen molar-refractivity contribution in [1.29, 1.82) is 0 Å².